The number of rotatable bonds is 5. The maximum atomic E-state index is 11.3. The van der Waals surface area contributed by atoms with E-state index in [-0.39, 0.29) is 17.6 Å². The molecule has 0 bridgehead atoms. The van der Waals surface area contributed by atoms with Gasteiger partial charge in [-0.2, -0.15) is 0 Å². The Morgan fingerprint density at radius 2 is 2.07 bits per heavy atom. The van der Waals surface area contributed by atoms with Crippen LogP contribution in [0.15, 0.2) is 0 Å². The minimum absolute atomic E-state index is 0.0981. The molecular weight excluding hydrogens is 190 g/mol. The maximum Gasteiger partial charge on any atom is 0.307 e. The molecule has 0 aliphatic heterocycles. The fourth-order valence-electron chi connectivity index (χ4n) is 2.42. The van der Waals surface area contributed by atoms with Gasteiger partial charge in [0.1, 0.15) is 0 Å². The van der Waals surface area contributed by atoms with Crippen molar-refractivity contribution in [3.8, 4) is 0 Å². The quantitative estimate of drug-likeness (QED) is 0.712. The Hall–Kier alpha value is -0.570. The maximum absolute atomic E-state index is 11.3. The van der Waals surface area contributed by atoms with Crippen molar-refractivity contribution in [1.29, 1.82) is 0 Å². The van der Waals surface area contributed by atoms with Gasteiger partial charge in [0.05, 0.1) is 13.0 Å². The lowest BCUT2D eigenvalue weighted by molar-refractivity contribution is -0.143. The van der Waals surface area contributed by atoms with Crippen LogP contribution in [0.3, 0.4) is 0 Å². The fraction of sp³-hybridized carbons (Fsp3) is 0.917. The SMILES string of the molecule is CCOC(=O)CC(C)NC1(C)CCCC1. The largest absolute Gasteiger partial charge is 0.466 e. The Bertz CT molecular complexity index is 210. The van der Waals surface area contributed by atoms with Crippen molar-refractivity contribution in [2.75, 3.05) is 6.61 Å². The van der Waals surface area contributed by atoms with Gasteiger partial charge in [0.25, 0.3) is 0 Å². The Labute approximate surface area is 92.6 Å². The van der Waals surface area contributed by atoms with Gasteiger partial charge in [-0.05, 0) is 33.6 Å². The van der Waals surface area contributed by atoms with E-state index in [1.807, 2.05) is 6.92 Å². The van der Waals surface area contributed by atoms with Gasteiger partial charge in [-0.25, -0.2) is 0 Å². The molecule has 3 nitrogen and oxygen atoms in total. The van der Waals surface area contributed by atoms with Crippen LogP contribution < -0.4 is 5.32 Å². The van der Waals surface area contributed by atoms with Crippen LogP contribution >= 0.6 is 0 Å². The molecule has 3 heteroatoms. The highest BCUT2D eigenvalue weighted by Gasteiger charge is 2.29. The number of hydrogen-bond acceptors (Lipinski definition) is 3. The molecule has 0 amide bonds. The van der Waals surface area contributed by atoms with Gasteiger partial charge >= 0.3 is 5.97 Å². The number of ether oxygens (including phenoxy) is 1. The molecule has 1 aliphatic rings. The molecule has 1 N–H and O–H groups in total. The summed E-state index contributed by atoms with van der Waals surface area (Å²) in [6.07, 6.45) is 5.52. The normalized spacial score (nSPS) is 21.3. The van der Waals surface area contributed by atoms with Gasteiger partial charge in [-0.1, -0.05) is 12.8 Å². The molecule has 0 heterocycles. The Balaban J connectivity index is 2.28. The van der Waals surface area contributed by atoms with Gasteiger partial charge in [0, 0.05) is 11.6 Å². The zero-order chi connectivity index (χ0) is 11.3. The highest BCUT2D eigenvalue weighted by atomic mass is 16.5. The van der Waals surface area contributed by atoms with E-state index in [4.69, 9.17) is 4.74 Å². The second-order valence-corrected chi connectivity index (χ2v) is 4.82. The summed E-state index contributed by atoms with van der Waals surface area (Å²) in [6, 6.07) is 0.215. The summed E-state index contributed by atoms with van der Waals surface area (Å²) >= 11 is 0. The third-order valence-electron chi connectivity index (χ3n) is 3.08. The number of carbonyl (C=O) groups excluding carboxylic acids is 1. The summed E-state index contributed by atoms with van der Waals surface area (Å²) < 4.78 is 4.93. The van der Waals surface area contributed by atoms with E-state index >= 15 is 0 Å². The lowest BCUT2D eigenvalue weighted by Crippen LogP contribution is -2.45. The van der Waals surface area contributed by atoms with Crippen LogP contribution in [0, 0.1) is 0 Å². The number of nitrogens with one attached hydrogen (secondary N) is 1. The lowest BCUT2D eigenvalue weighted by Gasteiger charge is -2.29. The molecule has 0 spiro atoms. The second-order valence-electron chi connectivity index (χ2n) is 4.82. The molecule has 1 fully saturated rings. The summed E-state index contributed by atoms with van der Waals surface area (Å²) in [6.45, 7) is 6.62. The van der Waals surface area contributed by atoms with Crippen LogP contribution in [-0.2, 0) is 9.53 Å². The summed E-state index contributed by atoms with van der Waals surface area (Å²) in [4.78, 5) is 11.3. The Morgan fingerprint density at radius 3 is 2.60 bits per heavy atom. The van der Waals surface area contributed by atoms with Crippen molar-refractivity contribution < 1.29 is 9.53 Å². The average molecular weight is 213 g/mol. The molecule has 1 aliphatic carbocycles. The fourth-order valence-corrected chi connectivity index (χ4v) is 2.42. The van der Waals surface area contributed by atoms with Gasteiger partial charge in [0.2, 0.25) is 0 Å². The van der Waals surface area contributed by atoms with Gasteiger partial charge in [0.15, 0.2) is 0 Å². The van der Waals surface area contributed by atoms with Gasteiger partial charge in [-0.3, -0.25) is 4.79 Å². The molecule has 1 saturated carbocycles. The smallest absolute Gasteiger partial charge is 0.307 e. The predicted molar refractivity (Wildman–Crippen MR) is 60.7 cm³/mol. The first kappa shape index (κ1) is 12.5. The van der Waals surface area contributed by atoms with Crippen molar-refractivity contribution >= 4 is 5.97 Å². The molecule has 0 aromatic carbocycles. The minimum Gasteiger partial charge on any atom is -0.466 e. The minimum atomic E-state index is -0.0981. The zero-order valence-electron chi connectivity index (χ0n) is 10.1. The molecular formula is C12H23NO2. The van der Waals surface area contributed by atoms with Crippen LogP contribution in [0.5, 0.6) is 0 Å². The van der Waals surface area contributed by atoms with E-state index in [0.717, 1.165) is 0 Å². The molecule has 0 aromatic heterocycles. The number of hydrogen-bond donors (Lipinski definition) is 1. The average Bonchev–Trinajstić information content (AvgIpc) is 2.51. The van der Waals surface area contributed by atoms with Crippen LogP contribution in [-0.4, -0.2) is 24.2 Å². The van der Waals surface area contributed by atoms with Gasteiger partial charge < -0.3 is 10.1 Å². The second kappa shape index (κ2) is 5.50. The predicted octanol–water partition coefficient (Wildman–Crippen LogP) is 2.25. The number of esters is 1. The summed E-state index contributed by atoms with van der Waals surface area (Å²) in [7, 11) is 0. The van der Waals surface area contributed by atoms with Crippen molar-refractivity contribution in [1.82, 2.24) is 5.32 Å². The van der Waals surface area contributed by atoms with Crippen LogP contribution in [0.25, 0.3) is 0 Å². The molecule has 1 unspecified atom stereocenters. The van der Waals surface area contributed by atoms with Crippen molar-refractivity contribution in [3.63, 3.8) is 0 Å². The van der Waals surface area contributed by atoms with Crippen LogP contribution in [0.4, 0.5) is 0 Å². The highest BCUT2D eigenvalue weighted by molar-refractivity contribution is 5.70. The van der Waals surface area contributed by atoms with Crippen LogP contribution in [0.1, 0.15) is 52.9 Å². The molecule has 1 atom stereocenters. The monoisotopic (exact) mass is 213 g/mol. The molecule has 88 valence electrons. The van der Waals surface area contributed by atoms with E-state index in [2.05, 4.69) is 19.2 Å². The first-order valence-corrected chi connectivity index (χ1v) is 5.99. The van der Waals surface area contributed by atoms with E-state index in [0.29, 0.717) is 13.0 Å². The van der Waals surface area contributed by atoms with Crippen molar-refractivity contribution in [2.24, 2.45) is 0 Å². The van der Waals surface area contributed by atoms with Crippen molar-refractivity contribution in [3.05, 3.63) is 0 Å². The van der Waals surface area contributed by atoms with Crippen LogP contribution in [0.2, 0.25) is 0 Å². The van der Waals surface area contributed by atoms with E-state index in [9.17, 15) is 4.79 Å². The topological polar surface area (TPSA) is 38.3 Å². The highest BCUT2D eigenvalue weighted by Crippen LogP contribution is 2.29. The third kappa shape index (κ3) is 4.20. The van der Waals surface area contributed by atoms with E-state index < -0.39 is 0 Å². The molecule has 0 saturated heterocycles. The molecule has 15 heavy (non-hydrogen) atoms. The first-order chi connectivity index (χ1) is 7.06. The molecule has 0 aromatic rings. The summed E-state index contributed by atoms with van der Waals surface area (Å²) in [5.74, 6) is -0.0981. The third-order valence-corrected chi connectivity index (χ3v) is 3.08. The van der Waals surface area contributed by atoms with E-state index in [1.54, 1.807) is 0 Å². The lowest BCUT2D eigenvalue weighted by atomic mass is 9.99. The van der Waals surface area contributed by atoms with E-state index in [1.165, 1.54) is 25.7 Å². The zero-order valence-corrected chi connectivity index (χ0v) is 10.1. The Morgan fingerprint density at radius 1 is 1.47 bits per heavy atom. The molecule has 0 radical (unpaired) electrons. The molecule has 1 rings (SSSR count). The standard InChI is InChI=1S/C12H23NO2/c1-4-15-11(14)9-10(2)13-12(3)7-5-6-8-12/h10,13H,4-9H2,1-3H3. The summed E-state index contributed by atoms with van der Waals surface area (Å²) in [5.41, 5.74) is 0.242. The number of carbonyl (C=O) groups is 1. The summed E-state index contributed by atoms with van der Waals surface area (Å²) in [5, 5.41) is 3.54. The van der Waals surface area contributed by atoms with Gasteiger partial charge in [-0.15, -0.1) is 0 Å². The first-order valence-electron chi connectivity index (χ1n) is 5.99. The van der Waals surface area contributed by atoms with Crippen molar-refractivity contribution in [2.45, 2.75) is 64.5 Å². The Kier molecular flexibility index (Phi) is 4.58.